The van der Waals surface area contributed by atoms with E-state index in [1.807, 2.05) is 18.2 Å². The van der Waals surface area contributed by atoms with Gasteiger partial charge in [-0.2, -0.15) is 13.2 Å². The molecule has 0 bridgehead atoms. The minimum absolute atomic E-state index is 0.493. The molecule has 138 valence electrons. The third-order valence-electron chi connectivity index (χ3n) is 3.83. The summed E-state index contributed by atoms with van der Waals surface area (Å²) in [7, 11) is 0. The molecule has 0 amide bonds. The van der Waals surface area contributed by atoms with Crippen LogP contribution in [0.1, 0.15) is 5.56 Å². The van der Waals surface area contributed by atoms with Gasteiger partial charge in [0, 0.05) is 28.6 Å². The van der Waals surface area contributed by atoms with Gasteiger partial charge in [0.05, 0.1) is 5.56 Å². The number of pyridine rings is 1. The van der Waals surface area contributed by atoms with Crippen molar-refractivity contribution >= 4 is 22.7 Å². The van der Waals surface area contributed by atoms with E-state index in [1.165, 1.54) is 17.5 Å². The van der Waals surface area contributed by atoms with E-state index in [2.05, 4.69) is 16.9 Å². The zero-order valence-corrected chi connectivity index (χ0v) is 14.8. The second-order valence-corrected chi connectivity index (χ2v) is 6.99. The molecule has 0 fully saturated rings. The molecule has 0 spiro atoms. The first-order valence-corrected chi connectivity index (χ1v) is 9.12. The van der Waals surface area contributed by atoms with Crippen molar-refractivity contribution in [2.45, 2.75) is 11.1 Å². The van der Waals surface area contributed by atoms with Gasteiger partial charge in [-0.05, 0) is 66.2 Å². The van der Waals surface area contributed by atoms with Crippen molar-refractivity contribution in [3.8, 4) is 11.1 Å². The number of hydrogen-bond acceptors (Lipinski definition) is 3. The standard InChI is InChI=1S/C20H15F3N2OS/c1-2-27(26)17-11-5-14(6-12-17)18-4-3-13-24-19(18)25-16-9-7-15(8-10-16)20(21,22)23/h2-13H,1H2,(H,24,25). The number of alkyl halides is 3. The molecule has 0 aliphatic heterocycles. The lowest BCUT2D eigenvalue weighted by Crippen LogP contribution is -2.04. The first kappa shape index (κ1) is 19.0. The number of nitrogens with one attached hydrogen (secondary N) is 1. The van der Waals surface area contributed by atoms with Gasteiger partial charge in [-0.25, -0.2) is 4.98 Å². The maximum atomic E-state index is 12.7. The normalized spacial score (nSPS) is 12.4. The number of aromatic nitrogens is 1. The summed E-state index contributed by atoms with van der Waals surface area (Å²) < 4.78 is 49.8. The molecule has 0 aliphatic rings. The van der Waals surface area contributed by atoms with Crippen LogP contribution in [0.4, 0.5) is 24.7 Å². The van der Waals surface area contributed by atoms with Crippen molar-refractivity contribution in [2.24, 2.45) is 0 Å². The van der Waals surface area contributed by atoms with Crippen LogP contribution in [-0.4, -0.2) is 9.54 Å². The fourth-order valence-electron chi connectivity index (χ4n) is 2.48. The molecule has 2 aromatic carbocycles. The summed E-state index contributed by atoms with van der Waals surface area (Å²) in [5.74, 6) is 0.509. The summed E-state index contributed by atoms with van der Waals surface area (Å²) >= 11 is -1.26. The monoisotopic (exact) mass is 388 g/mol. The molecule has 27 heavy (non-hydrogen) atoms. The SMILES string of the molecule is C=C[S+]([O-])c1ccc(-c2cccnc2Nc2ccc(C(F)(F)F)cc2)cc1. The highest BCUT2D eigenvalue weighted by Crippen LogP contribution is 2.32. The van der Waals surface area contributed by atoms with Crippen LogP contribution in [0.25, 0.3) is 11.1 Å². The number of anilines is 2. The van der Waals surface area contributed by atoms with Gasteiger partial charge < -0.3 is 9.87 Å². The minimum atomic E-state index is -4.37. The Morgan fingerprint density at radius 3 is 2.26 bits per heavy atom. The summed E-state index contributed by atoms with van der Waals surface area (Å²) in [6.45, 7) is 3.51. The van der Waals surface area contributed by atoms with E-state index in [9.17, 15) is 17.7 Å². The summed E-state index contributed by atoms with van der Waals surface area (Å²) in [6, 6.07) is 15.5. The molecule has 0 radical (unpaired) electrons. The second kappa shape index (κ2) is 7.85. The molecule has 1 unspecified atom stereocenters. The van der Waals surface area contributed by atoms with Crippen molar-refractivity contribution in [3.63, 3.8) is 0 Å². The number of benzene rings is 2. The fourth-order valence-corrected chi connectivity index (χ4v) is 3.08. The lowest BCUT2D eigenvalue weighted by molar-refractivity contribution is -0.137. The Labute approximate surface area is 157 Å². The van der Waals surface area contributed by atoms with Gasteiger partial charge in [-0.15, -0.1) is 0 Å². The third kappa shape index (κ3) is 4.50. The van der Waals surface area contributed by atoms with Crippen LogP contribution in [0.15, 0.2) is 83.7 Å². The predicted molar refractivity (Wildman–Crippen MR) is 101 cm³/mol. The lowest BCUT2D eigenvalue weighted by atomic mass is 10.1. The molecule has 3 aromatic rings. The summed E-state index contributed by atoms with van der Waals surface area (Å²) in [5, 5.41) is 4.40. The highest BCUT2D eigenvalue weighted by Gasteiger charge is 2.29. The number of halogens is 3. The van der Waals surface area contributed by atoms with E-state index in [-0.39, 0.29) is 0 Å². The molecule has 1 aromatic heterocycles. The molecule has 0 saturated carbocycles. The van der Waals surface area contributed by atoms with Crippen molar-refractivity contribution in [1.82, 2.24) is 4.98 Å². The van der Waals surface area contributed by atoms with Crippen LogP contribution in [0, 0.1) is 0 Å². The molecule has 0 aliphatic carbocycles. The Kier molecular flexibility index (Phi) is 5.53. The van der Waals surface area contributed by atoms with E-state index in [0.29, 0.717) is 16.4 Å². The van der Waals surface area contributed by atoms with Crippen LogP contribution >= 0.6 is 0 Å². The average Bonchev–Trinajstić information content (AvgIpc) is 2.68. The zero-order valence-electron chi connectivity index (χ0n) is 14.0. The molecular formula is C20H15F3N2OS. The molecular weight excluding hydrogens is 373 g/mol. The molecule has 3 rings (SSSR count). The Hall–Kier alpha value is -2.77. The molecule has 3 nitrogen and oxygen atoms in total. The van der Waals surface area contributed by atoms with Crippen LogP contribution in [0.2, 0.25) is 0 Å². The topological polar surface area (TPSA) is 48.0 Å². The van der Waals surface area contributed by atoms with E-state index >= 15 is 0 Å². The van der Waals surface area contributed by atoms with Gasteiger partial charge in [-0.1, -0.05) is 6.58 Å². The van der Waals surface area contributed by atoms with Gasteiger partial charge in [0.15, 0.2) is 4.90 Å². The number of hydrogen-bond donors (Lipinski definition) is 1. The van der Waals surface area contributed by atoms with Crippen LogP contribution < -0.4 is 5.32 Å². The molecule has 0 saturated heterocycles. The number of rotatable bonds is 5. The summed E-state index contributed by atoms with van der Waals surface area (Å²) in [5.41, 5.74) is 1.39. The predicted octanol–water partition coefficient (Wildman–Crippen LogP) is 5.76. The van der Waals surface area contributed by atoms with Crippen LogP contribution in [-0.2, 0) is 17.4 Å². The smallest absolute Gasteiger partial charge is 0.416 e. The third-order valence-corrected chi connectivity index (χ3v) is 4.87. The van der Waals surface area contributed by atoms with Gasteiger partial charge in [0.25, 0.3) is 0 Å². The Bertz CT molecular complexity index is 925. The molecule has 1 atom stereocenters. The first-order valence-electron chi connectivity index (χ1n) is 7.91. The Morgan fingerprint density at radius 2 is 1.67 bits per heavy atom. The van der Waals surface area contributed by atoms with Crippen molar-refractivity contribution < 1.29 is 17.7 Å². The first-order chi connectivity index (χ1) is 12.9. The van der Waals surface area contributed by atoms with Crippen LogP contribution in [0.3, 0.4) is 0 Å². The average molecular weight is 388 g/mol. The van der Waals surface area contributed by atoms with Gasteiger partial charge >= 0.3 is 6.18 Å². The maximum Gasteiger partial charge on any atom is 0.416 e. The van der Waals surface area contributed by atoms with E-state index in [1.54, 1.807) is 24.4 Å². The van der Waals surface area contributed by atoms with Gasteiger partial charge in [-0.3, -0.25) is 0 Å². The molecule has 1 N–H and O–H groups in total. The highest BCUT2D eigenvalue weighted by atomic mass is 32.2. The number of nitrogens with zero attached hydrogens (tertiary/aromatic N) is 1. The van der Waals surface area contributed by atoms with Gasteiger partial charge in [0.2, 0.25) is 0 Å². The lowest BCUT2D eigenvalue weighted by Gasteiger charge is -2.13. The summed E-state index contributed by atoms with van der Waals surface area (Å²) in [4.78, 5) is 4.92. The zero-order chi connectivity index (χ0) is 19.4. The quantitative estimate of drug-likeness (QED) is 0.565. The van der Waals surface area contributed by atoms with E-state index < -0.39 is 22.9 Å². The van der Waals surface area contributed by atoms with E-state index in [4.69, 9.17) is 0 Å². The van der Waals surface area contributed by atoms with Crippen molar-refractivity contribution in [2.75, 3.05) is 5.32 Å². The molecule has 7 heteroatoms. The van der Waals surface area contributed by atoms with Crippen molar-refractivity contribution in [3.05, 3.63) is 84.4 Å². The highest BCUT2D eigenvalue weighted by molar-refractivity contribution is 7.94. The van der Waals surface area contributed by atoms with E-state index in [0.717, 1.165) is 23.3 Å². The second-order valence-electron chi connectivity index (χ2n) is 5.59. The van der Waals surface area contributed by atoms with Crippen molar-refractivity contribution in [1.29, 1.82) is 0 Å². The minimum Gasteiger partial charge on any atom is -0.607 e. The fraction of sp³-hybridized carbons (Fsp3) is 0.0500. The Morgan fingerprint density at radius 1 is 1.00 bits per heavy atom. The Balaban J connectivity index is 1.87. The largest absolute Gasteiger partial charge is 0.607 e. The maximum absolute atomic E-state index is 12.7. The van der Waals surface area contributed by atoms with Crippen LogP contribution in [0.5, 0.6) is 0 Å². The summed E-state index contributed by atoms with van der Waals surface area (Å²) in [6.07, 6.45) is -2.78. The molecule has 1 heterocycles. The van der Waals surface area contributed by atoms with Gasteiger partial charge in [0.1, 0.15) is 11.2 Å².